The van der Waals surface area contributed by atoms with Gasteiger partial charge in [0.05, 0.1) is 19.1 Å². The summed E-state index contributed by atoms with van der Waals surface area (Å²) < 4.78 is 22.0. The molecule has 3 heterocycles. The average molecular weight is 525 g/mol. The smallest absolute Gasteiger partial charge is 0.450 e. The molecule has 2 aromatic heterocycles. The van der Waals surface area contributed by atoms with Crippen molar-refractivity contribution >= 4 is 40.8 Å². The number of hydrogen-bond donors (Lipinski definition) is 2. The summed E-state index contributed by atoms with van der Waals surface area (Å²) in [6.45, 7) is 2.44. The van der Waals surface area contributed by atoms with E-state index in [4.69, 9.17) is 47.9 Å². The number of halogens is 1. The summed E-state index contributed by atoms with van der Waals surface area (Å²) in [4.78, 5) is 29.3. The number of nitrogen functional groups attached to an aromatic ring is 1. The van der Waals surface area contributed by atoms with E-state index in [2.05, 4.69) is 27.5 Å². The van der Waals surface area contributed by atoms with Gasteiger partial charge < -0.3 is 34.4 Å². The van der Waals surface area contributed by atoms with Gasteiger partial charge >= 0.3 is 12.3 Å². The minimum absolute atomic E-state index is 0.0580. The molecular formula is C24H33ClN4O7. The molecule has 0 unspecified atom stereocenters. The van der Waals surface area contributed by atoms with Crippen LogP contribution in [-0.4, -0.2) is 57.9 Å². The second kappa shape index (κ2) is 14.4. The Hall–Kier alpha value is -3.23. The highest BCUT2D eigenvalue weighted by atomic mass is 35.5. The number of nitrogens with two attached hydrogens (primary N) is 1. The van der Waals surface area contributed by atoms with E-state index in [-0.39, 0.29) is 18.1 Å². The van der Waals surface area contributed by atoms with Crippen molar-refractivity contribution < 1.29 is 33.6 Å². The molecule has 3 rings (SSSR count). The van der Waals surface area contributed by atoms with E-state index in [9.17, 15) is 4.79 Å². The van der Waals surface area contributed by atoms with E-state index in [0.717, 1.165) is 26.4 Å². The Balaban J connectivity index is 0.000000830. The normalized spacial score (nSPS) is 18.7. The fourth-order valence-corrected chi connectivity index (χ4v) is 3.87. The lowest BCUT2D eigenvalue weighted by atomic mass is 10.0. The van der Waals surface area contributed by atoms with Crippen LogP contribution in [0.3, 0.4) is 0 Å². The highest BCUT2D eigenvalue weighted by Crippen LogP contribution is 2.38. The van der Waals surface area contributed by atoms with Gasteiger partial charge in [0.1, 0.15) is 24.3 Å². The van der Waals surface area contributed by atoms with Gasteiger partial charge in [-0.15, -0.1) is 6.42 Å². The van der Waals surface area contributed by atoms with E-state index < -0.39 is 17.9 Å². The third-order valence-electron chi connectivity index (χ3n) is 5.62. The predicted molar refractivity (Wildman–Crippen MR) is 134 cm³/mol. The Kier molecular flexibility index (Phi) is 11.6. The van der Waals surface area contributed by atoms with Crippen molar-refractivity contribution in [1.29, 1.82) is 0 Å². The third-order valence-corrected chi connectivity index (χ3v) is 5.79. The zero-order chi connectivity index (χ0) is 26.6. The molecule has 36 heavy (non-hydrogen) atoms. The van der Waals surface area contributed by atoms with Gasteiger partial charge in [-0.25, -0.2) is 14.6 Å². The SMILES string of the molecule is C#C[C@@]1(COC(=O)OCCCCCCCC)CC[C@H](n2ccc3c(N)nc(Cl)nc32)O1.COC(=O)O. The van der Waals surface area contributed by atoms with E-state index >= 15 is 0 Å². The summed E-state index contributed by atoms with van der Waals surface area (Å²) in [5.41, 5.74) is 5.46. The van der Waals surface area contributed by atoms with Crippen LogP contribution in [0.1, 0.15) is 64.5 Å². The topological polar surface area (TPSA) is 148 Å². The van der Waals surface area contributed by atoms with Gasteiger partial charge in [-0.1, -0.05) is 44.9 Å². The molecule has 1 fully saturated rings. The Morgan fingerprint density at radius 2 is 2.00 bits per heavy atom. The van der Waals surface area contributed by atoms with Crippen LogP contribution in [0, 0.1) is 12.3 Å². The molecule has 1 aliphatic heterocycles. The molecule has 1 aliphatic rings. The monoisotopic (exact) mass is 524 g/mol. The molecule has 0 bridgehead atoms. The van der Waals surface area contributed by atoms with Crippen LogP contribution in [0.4, 0.5) is 15.4 Å². The molecule has 198 valence electrons. The molecule has 1 saturated heterocycles. The standard InChI is InChI=1S/C22H29ClN4O4.C2H4O3/c1-3-5-6-7-8-9-14-29-21(28)30-15-22(4-2)12-10-17(31-22)27-13-11-16-18(24)25-20(23)26-19(16)27;1-5-2(3)4/h2,11,13,17H,3,5-10,12,14-15H2,1H3,(H2,24,25,26);1H3,(H,3,4)/t17-,22+;/m1./s1. The number of terminal acetylenes is 1. The first-order chi connectivity index (χ1) is 17.2. The summed E-state index contributed by atoms with van der Waals surface area (Å²) in [6.07, 6.45) is 13.0. The molecule has 12 heteroatoms. The fraction of sp³-hybridized carbons (Fsp3) is 0.583. The van der Waals surface area contributed by atoms with Crippen LogP contribution >= 0.6 is 11.6 Å². The van der Waals surface area contributed by atoms with E-state index in [0.29, 0.717) is 36.3 Å². The summed E-state index contributed by atoms with van der Waals surface area (Å²) in [6, 6.07) is 1.80. The highest BCUT2D eigenvalue weighted by Gasteiger charge is 2.41. The van der Waals surface area contributed by atoms with Crippen LogP contribution in [0.5, 0.6) is 0 Å². The van der Waals surface area contributed by atoms with Gasteiger partial charge in [-0.3, -0.25) is 0 Å². The molecule has 0 amide bonds. The number of hydrogen-bond acceptors (Lipinski definition) is 9. The van der Waals surface area contributed by atoms with Crippen molar-refractivity contribution in [3.05, 3.63) is 17.5 Å². The summed E-state index contributed by atoms with van der Waals surface area (Å²) >= 11 is 5.95. The first-order valence-electron chi connectivity index (χ1n) is 11.8. The number of nitrogens with zero attached hydrogens (tertiary/aromatic N) is 3. The maximum absolute atomic E-state index is 11.9. The predicted octanol–water partition coefficient (Wildman–Crippen LogP) is 5.17. The minimum atomic E-state index is -1.25. The van der Waals surface area contributed by atoms with Gasteiger partial charge in [0.25, 0.3) is 0 Å². The number of anilines is 1. The number of carbonyl (C=O) groups excluding carboxylic acids is 1. The number of carboxylic acid groups (broad SMARTS) is 1. The van der Waals surface area contributed by atoms with Gasteiger partial charge in [-0.05, 0) is 36.9 Å². The zero-order valence-electron chi connectivity index (χ0n) is 20.6. The number of carbonyl (C=O) groups is 2. The lowest BCUT2D eigenvalue weighted by Crippen LogP contribution is -2.34. The Bertz CT molecular complexity index is 1050. The summed E-state index contributed by atoms with van der Waals surface area (Å²) in [5.74, 6) is 2.94. The van der Waals surface area contributed by atoms with Gasteiger partial charge in [0.15, 0.2) is 5.60 Å². The van der Waals surface area contributed by atoms with Crippen LogP contribution in [0.15, 0.2) is 12.3 Å². The molecule has 2 aromatic rings. The van der Waals surface area contributed by atoms with Gasteiger partial charge in [-0.2, -0.15) is 4.98 Å². The largest absolute Gasteiger partial charge is 0.508 e. The molecule has 0 aromatic carbocycles. The molecular weight excluding hydrogens is 492 g/mol. The number of methoxy groups -OCH3 is 1. The maximum atomic E-state index is 11.9. The summed E-state index contributed by atoms with van der Waals surface area (Å²) in [7, 11) is 1.10. The number of unbranched alkanes of at least 4 members (excludes halogenated alkanes) is 5. The van der Waals surface area contributed by atoms with Crippen molar-refractivity contribution in [2.24, 2.45) is 0 Å². The zero-order valence-corrected chi connectivity index (χ0v) is 21.3. The van der Waals surface area contributed by atoms with Gasteiger partial charge in [0, 0.05) is 6.20 Å². The second-order valence-electron chi connectivity index (χ2n) is 8.21. The molecule has 11 nitrogen and oxygen atoms in total. The summed E-state index contributed by atoms with van der Waals surface area (Å²) in [5, 5.41) is 8.24. The van der Waals surface area contributed by atoms with Gasteiger partial charge in [0.2, 0.25) is 5.28 Å². The molecule has 0 radical (unpaired) electrons. The molecule has 0 spiro atoms. The molecule has 0 saturated carbocycles. The second-order valence-corrected chi connectivity index (χ2v) is 8.55. The van der Waals surface area contributed by atoms with Crippen LogP contribution in [0.25, 0.3) is 11.0 Å². The lowest BCUT2D eigenvalue weighted by Gasteiger charge is -2.23. The number of rotatable bonds is 10. The lowest BCUT2D eigenvalue weighted by molar-refractivity contribution is -0.0730. The van der Waals surface area contributed by atoms with Crippen molar-refractivity contribution in [2.75, 3.05) is 26.1 Å². The fourth-order valence-electron chi connectivity index (χ4n) is 3.70. The van der Waals surface area contributed by atoms with Crippen molar-refractivity contribution in [3.8, 4) is 12.3 Å². The Labute approximate surface area is 215 Å². The number of ether oxygens (including phenoxy) is 4. The van der Waals surface area contributed by atoms with Crippen LogP contribution in [-0.2, 0) is 18.9 Å². The first kappa shape index (κ1) is 29.0. The molecule has 0 aliphatic carbocycles. The van der Waals surface area contributed by atoms with E-state index in [1.807, 2.05) is 4.57 Å². The van der Waals surface area contributed by atoms with Crippen molar-refractivity contribution in [1.82, 2.24) is 14.5 Å². The van der Waals surface area contributed by atoms with Crippen molar-refractivity contribution in [3.63, 3.8) is 0 Å². The molecule has 3 N–H and O–H groups in total. The number of fused-ring (bicyclic) bond motifs is 1. The highest BCUT2D eigenvalue weighted by molar-refractivity contribution is 6.28. The van der Waals surface area contributed by atoms with Crippen molar-refractivity contribution in [2.45, 2.75) is 70.1 Å². The Morgan fingerprint density at radius 3 is 2.67 bits per heavy atom. The minimum Gasteiger partial charge on any atom is -0.450 e. The quantitative estimate of drug-likeness (QED) is 0.184. The maximum Gasteiger partial charge on any atom is 0.508 e. The number of aromatic nitrogens is 3. The van der Waals surface area contributed by atoms with E-state index in [1.165, 1.54) is 19.3 Å². The van der Waals surface area contributed by atoms with Crippen LogP contribution in [0.2, 0.25) is 5.28 Å². The molecule has 2 atom stereocenters. The third kappa shape index (κ3) is 8.46. The van der Waals surface area contributed by atoms with Crippen LogP contribution < -0.4 is 5.73 Å². The van der Waals surface area contributed by atoms with E-state index in [1.54, 1.807) is 12.3 Å². The average Bonchev–Trinajstić information content (AvgIpc) is 3.47. The Morgan fingerprint density at radius 1 is 1.31 bits per heavy atom. The first-order valence-corrected chi connectivity index (χ1v) is 12.1.